The number of nitrogens with one attached hydrogen (secondary N) is 1. The molecule has 5 rings (SSSR count). The predicted octanol–water partition coefficient (Wildman–Crippen LogP) is 3.68. The molecule has 3 aromatic rings. The van der Waals surface area contributed by atoms with E-state index in [1.54, 1.807) is 18.6 Å². The average molecular weight is 432 g/mol. The van der Waals surface area contributed by atoms with Gasteiger partial charge in [-0.3, -0.25) is 4.68 Å². The van der Waals surface area contributed by atoms with E-state index in [9.17, 15) is 0 Å². The fourth-order valence-corrected chi connectivity index (χ4v) is 3.86. The zero-order valence-corrected chi connectivity index (χ0v) is 17.9. The van der Waals surface area contributed by atoms with Crippen LogP contribution in [0.3, 0.4) is 0 Å². The van der Waals surface area contributed by atoms with Gasteiger partial charge in [0.1, 0.15) is 0 Å². The Bertz CT molecular complexity index is 1120. The number of hydrogen-bond acceptors (Lipinski definition) is 8. The van der Waals surface area contributed by atoms with Gasteiger partial charge in [0, 0.05) is 49.4 Å². The Hall–Kier alpha value is -3.51. The molecule has 32 heavy (non-hydrogen) atoms. The molecule has 9 nitrogen and oxygen atoms in total. The van der Waals surface area contributed by atoms with Crippen LogP contribution in [0.4, 0.5) is 11.6 Å². The van der Waals surface area contributed by atoms with Gasteiger partial charge in [-0.2, -0.15) is 10.4 Å². The number of anilines is 2. The zero-order chi connectivity index (χ0) is 21.9. The Kier molecular flexibility index (Phi) is 5.69. The van der Waals surface area contributed by atoms with Crippen molar-refractivity contribution in [1.82, 2.24) is 24.7 Å². The van der Waals surface area contributed by atoms with Crippen molar-refractivity contribution >= 4 is 11.6 Å². The third-order valence-corrected chi connectivity index (χ3v) is 5.94. The van der Waals surface area contributed by atoms with Gasteiger partial charge >= 0.3 is 0 Å². The summed E-state index contributed by atoms with van der Waals surface area (Å²) in [5.41, 5.74) is 3.51. The summed E-state index contributed by atoms with van der Waals surface area (Å²) in [6.07, 6.45) is 10.2. The molecular formula is C23H25N7O2. The van der Waals surface area contributed by atoms with Crippen molar-refractivity contribution in [3.63, 3.8) is 0 Å². The Morgan fingerprint density at radius 2 is 2.09 bits per heavy atom. The van der Waals surface area contributed by atoms with E-state index in [1.165, 1.54) is 0 Å². The zero-order valence-electron chi connectivity index (χ0n) is 17.9. The maximum Gasteiger partial charge on any atom is 0.227 e. The van der Waals surface area contributed by atoms with Crippen molar-refractivity contribution in [1.29, 1.82) is 5.26 Å². The Morgan fingerprint density at radius 3 is 2.84 bits per heavy atom. The van der Waals surface area contributed by atoms with E-state index in [0.717, 1.165) is 55.0 Å². The van der Waals surface area contributed by atoms with Crippen LogP contribution < -0.4 is 10.1 Å². The number of aromatic nitrogens is 5. The van der Waals surface area contributed by atoms with Crippen molar-refractivity contribution in [2.75, 3.05) is 25.1 Å². The quantitative estimate of drug-likeness (QED) is 0.603. The number of pyridine rings is 1. The molecule has 164 valence electrons. The van der Waals surface area contributed by atoms with Crippen LogP contribution in [0.1, 0.15) is 30.9 Å². The Balaban J connectivity index is 1.25. The normalized spacial score (nSPS) is 20.5. The summed E-state index contributed by atoms with van der Waals surface area (Å²) in [4.78, 5) is 13.5. The highest BCUT2D eigenvalue weighted by atomic mass is 16.5. The summed E-state index contributed by atoms with van der Waals surface area (Å²) in [5, 5.41) is 16.6. The van der Waals surface area contributed by atoms with Crippen molar-refractivity contribution in [2.24, 2.45) is 11.8 Å². The molecule has 0 bridgehead atoms. The Labute approximate surface area is 186 Å². The lowest BCUT2D eigenvalue weighted by atomic mass is 10.1. The molecule has 4 heterocycles. The third-order valence-electron chi connectivity index (χ3n) is 5.94. The molecule has 2 unspecified atom stereocenters. The van der Waals surface area contributed by atoms with Gasteiger partial charge in [0.05, 0.1) is 42.2 Å². The van der Waals surface area contributed by atoms with E-state index < -0.39 is 0 Å². The Morgan fingerprint density at radius 1 is 1.22 bits per heavy atom. The van der Waals surface area contributed by atoms with Gasteiger partial charge in [-0.05, 0) is 37.8 Å². The lowest BCUT2D eigenvalue weighted by Crippen LogP contribution is -2.19. The maximum absolute atomic E-state index is 8.89. The molecule has 0 amide bonds. The standard InChI is InChI=1S/C23H25N7O2/c1-15-10-26-23(28-19-12-27-30(13-19)20-4-6-31-7-5-20)29-22(15)16-2-3-21(25-11-16)32-14-18-8-17(18)9-24/h2-3,10-13,17-18,20H,4-8,14H2,1H3,(H,26,28,29). The van der Waals surface area contributed by atoms with E-state index in [-0.39, 0.29) is 5.92 Å². The first kappa shape index (κ1) is 20.4. The van der Waals surface area contributed by atoms with E-state index in [4.69, 9.17) is 19.7 Å². The van der Waals surface area contributed by atoms with E-state index in [1.807, 2.05) is 29.9 Å². The summed E-state index contributed by atoms with van der Waals surface area (Å²) < 4.78 is 13.1. The minimum absolute atomic E-state index is 0.132. The number of aryl methyl sites for hydroxylation is 1. The molecule has 2 fully saturated rings. The van der Waals surface area contributed by atoms with Gasteiger partial charge in [0.15, 0.2) is 0 Å². The average Bonchev–Trinajstić information content (AvgIpc) is 3.45. The van der Waals surface area contributed by atoms with Gasteiger partial charge in [-0.25, -0.2) is 15.0 Å². The fraction of sp³-hybridized carbons (Fsp3) is 0.435. The summed E-state index contributed by atoms with van der Waals surface area (Å²) in [6, 6.07) is 6.42. The lowest BCUT2D eigenvalue weighted by Gasteiger charge is -2.22. The topological polar surface area (TPSA) is 111 Å². The highest BCUT2D eigenvalue weighted by Crippen LogP contribution is 2.37. The van der Waals surface area contributed by atoms with Gasteiger partial charge in [-0.15, -0.1) is 0 Å². The number of hydrogen-bond donors (Lipinski definition) is 1. The van der Waals surface area contributed by atoms with Crippen LogP contribution in [-0.4, -0.2) is 44.6 Å². The molecule has 1 aliphatic heterocycles. The molecule has 0 radical (unpaired) electrons. The summed E-state index contributed by atoms with van der Waals surface area (Å²) >= 11 is 0. The van der Waals surface area contributed by atoms with Crippen LogP contribution >= 0.6 is 0 Å². The first-order valence-corrected chi connectivity index (χ1v) is 10.9. The summed E-state index contributed by atoms with van der Waals surface area (Å²) in [7, 11) is 0. The smallest absolute Gasteiger partial charge is 0.227 e. The molecule has 1 saturated carbocycles. The second-order valence-corrected chi connectivity index (χ2v) is 8.33. The molecular weight excluding hydrogens is 406 g/mol. The van der Waals surface area contributed by atoms with Crippen molar-refractivity contribution in [3.05, 3.63) is 42.5 Å². The number of nitriles is 1. The first-order valence-electron chi connectivity index (χ1n) is 10.9. The largest absolute Gasteiger partial charge is 0.477 e. The van der Waals surface area contributed by atoms with Crippen molar-refractivity contribution < 1.29 is 9.47 Å². The number of rotatable bonds is 7. The molecule has 1 aliphatic carbocycles. The molecule has 2 atom stereocenters. The van der Waals surface area contributed by atoms with Crippen LogP contribution in [0.5, 0.6) is 5.88 Å². The monoisotopic (exact) mass is 431 g/mol. The molecule has 0 aromatic carbocycles. The van der Waals surface area contributed by atoms with Crippen LogP contribution in [0.2, 0.25) is 0 Å². The minimum Gasteiger partial charge on any atom is -0.477 e. The van der Waals surface area contributed by atoms with E-state index in [0.29, 0.717) is 30.4 Å². The minimum atomic E-state index is 0.132. The fourth-order valence-electron chi connectivity index (χ4n) is 3.86. The van der Waals surface area contributed by atoms with Crippen LogP contribution in [0.25, 0.3) is 11.3 Å². The molecule has 0 spiro atoms. The maximum atomic E-state index is 8.89. The van der Waals surface area contributed by atoms with Crippen LogP contribution in [0.15, 0.2) is 36.9 Å². The molecule has 1 saturated heterocycles. The lowest BCUT2D eigenvalue weighted by molar-refractivity contribution is 0.0662. The summed E-state index contributed by atoms with van der Waals surface area (Å²) in [5.74, 6) is 1.53. The highest BCUT2D eigenvalue weighted by molar-refractivity contribution is 5.64. The van der Waals surface area contributed by atoms with Gasteiger partial charge < -0.3 is 14.8 Å². The van der Waals surface area contributed by atoms with Crippen molar-refractivity contribution in [3.8, 4) is 23.2 Å². The molecule has 9 heteroatoms. The number of ether oxygens (including phenoxy) is 2. The van der Waals surface area contributed by atoms with Crippen molar-refractivity contribution in [2.45, 2.75) is 32.2 Å². The van der Waals surface area contributed by atoms with Crippen LogP contribution in [0, 0.1) is 30.1 Å². The molecule has 1 N–H and O–H groups in total. The highest BCUT2D eigenvalue weighted by Gasteiger charge is 2.37. The second-order valence-electron chi connectivity index (χ2n) is 8.33. The summed E-state index contributed by atoms with van der Waals surface area (Å²) in [6.45, 7) is 4.06. The van der Waals surface area contributed by atoms with Gasteiger partial charge in [0.25, 0.3) is 0 Å². The van der Waals surface area contributed by atoms with Gasteiger partial charge in [0.2, 0.25) is 11.8 Å². The first-order chi connectivity index (χ1) is 15.7. The van der Waals surface area contributed by atoms with Crippen LogP contribution in [-0.2, 0) is 4.74 Å². The SMILES string of the molecule is Cc1cnc(Nc2cnn(C3CCOCC3)c2)nc1-c1ccc(OCC2CC2C#N)nc1. The molecule has 3 aromatic heterocycles. The van der Waals surface area contributed by atoms with E-state index >= 15 is 0 Å². The predicted molar refractivity (Wildman–Crippen MR) is 117 cm³/mol. The number of nitrogens with zero attached hydrogens (tertiary/aromatic N) is 6. The second kappa shape index (κ2) is 8.93. The van der Waals surface area contributed by atoms with Gasteiger partial charge in [-0.1, -0.05) is 0 Å². The van der Waals surface area contributed by atoms with E-state index in [2.05, 4.69) is 26.5 Å². The third kappa shape index (κ3) is 4.55. The molecule has 2 aliphatic rings.